The first-order valence-corrected chi connectivity index (χ1v) is 17.4. The number of amides is 2. The zero-order valence-corrected chi connectivity index (χ0v) is 29.8. The first kappa shape index (κ1) is 35.5. The van der Waals surface area contributed by atoms with Gasteiger partial charge < -0.3 is 30.3 Å². The van der Waals surface area contributed by atoms with E-state index < -0.39 is 0 Å². The Morgan fingerprint density at radius 1 is 0.860 bits per heavy atom. The molecule has 14 heteroatoms. The van der Waals surface area contributed by atoms with Crippen molar-refractivity contribution in [3.63, 3.8) is 0 Å². The normalized spacial score (nSPS) is 17.2. The van der Waals surface area contributed by atoms with Crippen LogP contribution in [0.3, 0.4) is 0 Å². The van der Waals surface area contributed by atoms with Crippen LogP contribution in [-0.4, -0.2) is 82.6 Å². The molecule has 2 aliphatic heterocycles. The second-order valence-corrected chi connectivity index (χ2v) is 13.1. The van der Waals surface area contributed by atoms with Gasteiger partial charge in [0.1, 0.15) is 11.4 Å². The highest BCUT2D eigenvalue weighted by atomic mass is 35.5. The molecule has 50 heavy (non-hydrogen) atoms. The summed E-state index contributed by atoms with van der Waals surface area (Å²) in [6.07, 6.45) is 6.71. The van der Waals surface area contributed by atoms with Crippen molar-refractivity contribution in [2.75, 3.05) is 33.9 Å². The van der Waals surface area contributed by atoms with Gasteiger partial charge in [-0.05, 0) is 19.3 Å². The molecule has 0 radical (unpaired) electrons. The Bertz CT molecular complexity index is 1880. The van der Waals surface area contributed by atoms with E-state index in [9.17, 15) is 9.59 Å². The Kier molecular flexibility index (Phi) is 11.4. The summed E-state index contributed by atoms with van der Waals surface area (Å²) in [7, 11) is 3.12. The van der Waals surface area contributed by atoms with Crippen LogP contribution in [0.5, 0.6) is 11.8 Å². The van der Waals surface area contributed by atoms with E-state index in [1.807, 2.05) is 41.3 Å². The number of nitrogens with one attached hydrogen (secondary N) is 3. The van der Waals surface area contributed by atoms with Crippen LogP contribution >= 0.6 is 23.2 Å². The lowest BCUT2D eigenvalue weighted by molar-refractivity contribution is -0.129. The maximum Gasteiger partial charge on any atom is 0.237 e. The van der Waals surface area contributed by atoms with Crippen LogP contribution in [0.25, 0.3) is 33.6 Å². The highest BCUT2D eigenvalue weighted by Gasteiger charge is 2.26. The number of halogens is 2. The molecule has 3 N–H and O–H groups in total. The molecular weight excluding hydrogens is 679 g/mol. The van der Waals surface area contributed by atoms with E-state index in [2.05, 4.69) is 25.9 Å². The molecule has 0 aliphatic carbocycles. The highest BCUT2D eigenvalue weighted by molar-refractivity contribution is 6.39. The van der Waals surface area contributed by atoms with Crippen molar-refractivity contribution in [3.8, 4) is 45.4 Å². The average molecular weight is 720 g/mol. The van der Waals surface area contributed by atoms with Gasteiger partial charge in [-0.3, -0.25) is 19.6 Å². The SMILES string of the molecule is COc1nc(-c2cccc(-c3cccc(-c4cnc(CNC[C@H]5CCCN5C(C)=O)c(OC)n4)c3Cl)c2Cl)cnc1CNC[C@@H]1CCC(=O)N1. The Hall–Kier alpha value is -4.36. The van der Waals surface area contributed by atoms with Gasteiger partial charge in [-0.15, -0.1) is 0 Å². The van der Waals surface area contributed by atoms with Crippen LogP contribution in [0, 0.1) is 0 Å². The molecule has 2 saturated heterocycles. The van der Waals surface area contributed by atoms with Gasteiger partial charge in [0.05, 0.1) is 48.0 Å². The van der Waals surface area contributed by atoms with Crippen molar-refractivity contribution in [2.45, 2.75) is 57.8 Å². The van der Waals surface area contributed by atoms with Crippen molar-refractivity contribution < 1.29 is 19.1 Å². The van der Waals surface area contributed by atoms with Crippen LogP contribution in [0.2, 0.25) is 10.0 Å². The first-order chi connectivity index (χ1) is 24.3. The topological polar surface area (TPSA) is 143 Å². The lowest BCUT2D eigenvalue weighted by atomic mass is 9.98. The van der Waals surface area contributed by atoms with Crippen molar-refractivity contribution in [1.29, 1.82) is 0 Å². The van der Waals surface area contributed by atoms with Crippen LogP contribution in [0.4, 0.5) is 0 Å². The fourth-order valence-electron chi connectivity index (χ4n) is 6.51. The molecule has 0 unspecified atom stereocenters. The van der Waals surface area contributed by atoms with Gasteiger partial charge in [0.25, 0.3) is 0 Å². The quantitative estimate of drug-likeness (QED) is 0.172. The molecule has 2 aliphatic rings. The number of likely N-dealkylation sites (tertiary alicyclic amines) is 1. The number of rotatable bonds is 13. The fraction of sp³-hybridized carbons (Fsp3) is 0.389. The van der Waals surface area contributed by atoms with E-state index in [0.29, 0.717) is 99.4 Å². The number of nitrogens with zero attached hydrogens (tertiary/aromatic N) is 5. The summed E-state index contributed by atoms with van der Waals surface area (Å²) in [6.45, 7) is 4.59. The van der Waals surface area contributed by atoms with Gasteiger partial charge in [0, 0.05) is 80.4 Å². The molecule has 2 fully saturated rings. The lowest BCUT2D eigenvalue weighted by Crippen LogP contribution is -2.40. The van der Waals surface area contributed by atoms with Gasteiger partial charge in [0.15, 0.2) is 0 Å². The second kappa shape index (κ2) is 16.1. The predicted molar refractivity (Wildman–Crippen MR) is 192 cm³/mol. The molecular formula is C36H40Cl2N8O4. The Labute approximate surface area is 301 Å². The van der Waals surface area contributed by atoms with Crippen molar-refractivity contribution in [3.05, 3.63) is 70.2 Å². The van der Waals surface area contributed by atoms with E-state index >= 15 is 0 Å². The lowest BCUT2D eigenvalue weighted by Gasteiger charge is -2.23. The fourth-order valence-corrected chi connectivity index (χ4v) is 7.16. The molecule has 262 valence electrons. The van der Waals surface area contributed by atoms with E-state index in [1.165, 1.54) is 0 Å². The highest BCUT2D eigenvalue weighted by Crippen LogP contribution is 2.42. The molecule has 0 saturated carbocycles. The Morgan fingerprint density at radius 3 is 1.90 bits per heavy atom. The van der Waals surface area contributed by atoms with Crippen LogP contribution in [0.1, 0.15) is 44.0 Å². The minimum absolute atomic E-state index is 0.0804. The van der Waals surface area contributed by atoms with Gasteiger partial charge in [0.2, 0.25) is 23.6 Å². The van der Waals surface area contributed by atoms with Crippen molar-refractivity contribution in [1.82, 2.24) is 40.8 Å². The third-order valence-corrected chi connectivity index (χ3v) is 9.89. The standard InChI is InChI=1S/C36H40Cl2N8O4/c1-21(47)46-14-6-7-23(46)16-40-18-31-36(50-3)45-29(20-42-31)27-11-5-9-25(34(27)38)24-8-4-10-26(33(24)37)28-19-41-30(35(44-28)49-2)17-39-15-22-12-13-32(48)43-22/h4-5,8-11,19-20,22-23,39-40H,6-7,12-18H2,1-3H3,(H,43,48)/t22-,23+/m0/s1. The zero-order chi connectivity index (χ0) is 35.2. The largest absolute Gasteiger partial charge is 0.480 e. The number of methoxy groups -OCH3 is 2. The smallest absolute Gasteiger partial charge is 0.237 e. The maximum absolute atomic E-state index is 11.9. The van der Waals surface area contributed by atoms with E-state index in [1.54, 1.807) is 33.5 Å². The summed E-state index contributed by atoms with van der Waals surface area (Å²) in [5.41, 5.74) is 5.19. The van der Waals surface area contributed by atoms with Crippen LogP contribution in [0.15, 0.2) is 48.8 Å². The summed E-state index contributed by atoms with van der Waals surface area (Å²) in [5, 5.41) is 10.6. The molecule has 4 aromatic rings. The molecule has 2 aromatic heterocycles. The number of hydrogen-bond acceptors (Lipinski definition) is 10. The minimum atomic E-state index is 0.0804. The van der Waals surface area contributed by atoms with E-state index in [4.69, 9.17) is 42.6 Å². The van der Waals surface area contributed by atoms with Gasteiger partial charge in [-0.2, -0.15) is 0 Å². The molecule has 2 aromatic carbocycles. The number of benzene rings is 2. The molecule has 2 atom stereocenters. The second-order valence-electron chi connectivity index (χ2n) is 12.3. The minimum Gasteiger partial charge on any atom is -0.480 e. The third-order valence-electron chi connectivity index (χ3n) is 9.07. The predicted octanol–water partition coefficient (Wildman–Crippen LogP) is 5.06. The van der Waals surface area contributed by atoms with E-state index in [0.717, 1.165) is 25.8 Å². The number of aromatic nitrogens is 4. The molecule has 0 spiro atoms. The summed E-state index contributed by atoms with van der Waals surface area (Å²) in [6, 6.07) is 11.6. The summed E-state index contributed by atoms with van der Waals surface area (Å²) < 4.78 is 11.2. The third kappa shape index (κ3) is 7.83. The molecule has 12 nitrogen and oxygen atoms in total. The summed E-state index contributed by atoms with van der Waals surface area (Å²) in [4.78, 5) is 44.1. The number of carbonyl (C=O) groups is 2. The molecule has 0 bridgehead atoms. The average Bonchev–Trinajstić information content (AvgIpc) is 3.78. The zero-order valence-electron chi connectivity index (χ0n) is 28.3. The molecule has 4 heterocycles. The number of hydrogen-bond donors (Lipinski definition) is 3. The van der Waals surface area contributed by atoms with Gasteiger partial charge >= 0.3 is 0 Å². The van der Waals surface area contributed by atoms with Gasteiger partial charge in [-0.25, -0.2) is 9.97 Å². The first-order valence-electron chi connectivity index (χ1n) is 16.6. The van der Waals surface area contributed by atoms with E-state index in [-0.39, 0.29) is 23.9 Å². The van der Waals surface area contributed by atoms with Crippen LogP contribution < -0.4 is 25.4 Å². The van der Waals surface area contributed by atoms with Crippen molar-refractivity contribution in [2.24, 2.45) is 0 Å². The number of carbonyl (C=O) groups excluding carboxylic acids is 2. The van der Waals surface area contributed by atoms with Crippen LogP contribution in [-0.2, 0) is 22.7 Å². The summed E-state index contributed by atoms with van der Waals surface area (Å²) in [5.74, 6) is 0.957. The maximum atomic E-state index is 11.9. The Morgan fingerprint density at radius 2 is 1.40 bits per heavy atom. The summed E-state index contributed by atoms with van der Waals surface area (Å²) >= 11 is 14.1. The molecule has 2 amide bonds. The Balaban J connectivity index is 1.19. The molecule has 6 rings (SSSR count). The van der Waals surface area contributed by atoms with Gasteiger partial charge in [-0.1, -0.05) is 59.6 Å². The monoisotopic (exact) mass is 718 g/mol. The van der Waals surface area contributed by atoms with Crippen molar-refractivity contribution >= 4 is 35.0 Å². The number of ether oxygens (including phenoxy) is 2.